The van der Waals surface area contributed by atoms with Crippen LogP contribution in [-0.2, 0) is 9.53 Å². The number of fused-ring (bicyclic) bond motifs is 1. The van der Waals surface area contributed by atoms with Crippen molar-refractivity contribution >= 4 is 63.9 Å². The van der Waals surface area contributed by atoms with E-state index in [-0.39, 0.29) is 53.7 Å². The second-order valence-corrected chi connectivity index (χ2v) is 11.1. The summed E-state index contributed by atoms with van der Waals surface area (Å²) in [7, 11) is 0. The minimum absolute atomic E-state index is 0.0227. The normalized spacial score (nSPS) is 15.3. The van der Waals surface area contributed by atoms with Crippen LogP contribution in [0.5, 0.6) is 0 Å². The van der Waals surface area contributed by atoms with E-state index in [1.165, 1.54) is 55.5 Å². The number of aromatic nitrogens is 1. The molecule has 2 aromatic carbocycles. The molecular weight excluding hydrogens is 658 g/mol. The lowest BCUT2D eigenvalue weighted by Gasteiger charge is -2.26. The molecule has 1 aliphatic rings. The number of esters is 1. The molecule has 1 atom stereocenters. The summed E-state index contributed by atoms with van der Waals surface area (Å²) in [4.78, 5) is 40.4. The number of thiazole rings is 1. The molecule has 5 rings (SSSR count). The number of halogens is 6. The van der Waals surface area contributed by atoms with Gasteiger partial charge in [-0.1, -0.05) is 58.3 Å². The van der Waals surface area contributed by atoms with Crippen LogP contribution in [0.15, 0.2) is 74.0 Å². The third-order valence-corrected chi connectivity index (χ3v) is 8.03. The zero-order chi connectivity index (χ0) is 31.2. The number of hydrogen-bond donors (Lipinski definition) is 0. The first-order valence-electron chi connectivity index (χ1n) is 12.1. The largest absolute Gasteiger partial charge is 0.463 e. The van der Waals surface area contributed by atoms with Crippen molar-refractivity contribution in [1.82, 2.24) is 4.57 Å². The van der Waals surface area contributed by atoms with Gasteiger partial charge in [0.1, 0.15) is 16.5 Å². The molecule has 0 radical (unpaired) electrons. The minimum Gasteiger partial charge on any atom is -0.463 e. The van der Waals surface area contributed by atoms with Crippen LogP contribution in [0, 0.1) is 10.1 Å². The molecule has 0 aliphatic carbocycles. The van der Waals surface area contributed by atoms with Crippen LogP contribution in [-0.4, -0.2) is 28.2 Å². The number of rotatable bonds is 6. The summed E-state index contributed by atoms with van der Waals surface area (Å²) in [5, 5.41) is 11.2. The van der Waals surface area contributed by atoms with Gasteiger partial charge in [0.25, 0.3) is 11.2 Å². The van der Waals surface area contributed by atoms with Gasteiger partial charge in [0.15, 0.2) is 10.5 Å². The van der Waals surface area contributed by atoms with Crippen LogP contribution in [0.4, 0.5) is 18.9 Å². The highest BCUT2D eigenvalue weighted by molar-refractivity contribution is 7.07. The smallest absolute Gasteiger partial charge is 0.434 e. The van der Waals surface area contributed by atoms with E-state index in [1.807, 2.05) is 0 Å². The van der Waals surface area contributed by atoms with Crippen LogP contribution in [0.2, 0.25) is 15.1 Å². The van der Waals surface area contributed by atoms with E-state index in [9.17, 15) is 32.9 Å². The number of nitro benzene ring substituents is 1. The average molecular weight is 673 g/mol. The molecule has 1 aliphatic heterocycles. The molecule has 9 nitrogen and oxygen atoms in total. The second kappa shape index (κ2) is 11.6. The highest BCUT2D eigenvalue weighted by Gasteiger charge is 2.45. The lowest BCUT2D eigenvalue weighted by atomic mass is 9.95. The highest BCUT2D eigenvalue weighted by atomic mass is 35.5. The summed E-state index contributed by atoms with van der Waals surface area (Å²) in [5.41, 5.74) is -3.08. The Hall–Kier alpha value is -3.91. The molecule has 0 N–H and O–H groups in total. The van der Waals surface area contributed by atoms with Crippen LogP contribution < -0.4 is 14.9 Å². The van der Waals surface area contributed by atoms with Crippen LogP contribution in [0.3, 0.4) is 0 Å². The molecule has 3 heterocycles. The SMILES string of the molecule is CCOC(=O)C1=C(C(F)(F)F)N=c2s/c(=C/c3ccc(-c4cc(Cl)c([N+](=O)[O-])cc4Cl)o3)c(=O)n2[C@@H]1c1ccc(Cl)cc1. The molecule has 0 amide bonds. The minimum atomic E-state index is -5.05. The number of ether oxygens (including phenoxy) is 1. The third-order valence-electron chi connectivity index (χ3n) is 6.18. The number of furan rings is 1. The fourth-order valence-electron chi connectivity index (χ4n) is 4.37. The highest BCUT2D eigenvalue weighted by Crippen LogP contribution is 2.39. The first-order chi connectivity index (χ1) is 20.3. The maximum atomic E-state index is 14.2. The first-order valence-corrected chi connectivity index (χ1v) is 14.0. The summed E-state index contributed by atoms with van der Waals surface area (Å²) in [5.74, 6) is -1.01. The van der Waals surface area contributed by atoms with Gasteiger partial charge < -0.3 is 9.15 Å². The molecule has 0 fully saturated rings. The lowest BCUT2D eigenvalue weighted by molar-refractivity contribution is -0.384. The molecule has 2 aromatic heterocycles. The van der Waals surface area contributed by atoms with E-state index in [4.69, 9.17) is 44.0 Å². The lowest BCUT2D eigenvalue weighted by Crippen LogP contribution is -2.41. The number of hydrogen-bond acceptors (Lipinski definition) is 8. The molecule has 222 valence electrons. The number of alkyl halides is 3. The number of benzene rings is 2. The predicted molar refractivity (Wildman–Crippen MR) is 153 cm³/mol. The summed E-state index contributed by atoms with van der Waals surface area (Å²) < 4.78 is 54.4. The maximum absolute atomic E-state index is 14.2. The van der Waals surface area contributed by atoms with Crippen molar-refractivity contribution in [3.63, 3.8) is 0 Å². The van der Waals surface area contributed by atoms with Gasteiger partial charge in [-0.05, 0) is 42.8 Å². The van der Waals surface area contributed by atoms with Gasteiger partial charge in [0.05, 0.1) is 32.7 Å². The van der Waals surface area contributed by atoms with Crippen LogP contribution >= 0.6 is 46.1 Å². The monoisotopic (exact) mass is 671 g/mol. The quantitative estimate of drug-likeness (QED) is 0.132. The van der Waals surface area contributed by atoms with Crippen molar-refractivity contribution in [2.24, 2.45) is 4.99 Å². The van der Waals surface area contributed by atoms with Crippen molar-refractivity contribution in [2.45, 2.75) is 19.1 Å². The number of carbonyl (C=O) groups excluding carboxylic acids is 1. The fourth-order valence-corrected chi connectivity index (χ4v) is 5.96. The number of allylic oxidation sites excluding steroid dienone is 1. The van der Waals surface area contributed by atoms with Gasteiger partial charge in [-0.2, -0.15) is 13.2 Å². The molecule has 0 saturated carbocycles. The third kappa shape index (κ3) is 5.85. The van der Waals surface area contributed by atoms with Gasteiger partial charge in [0.2, 0.25) is 0 Å². The van der Waals surface area contributed by atoms with Crippen molar-refractivity contribution < 1.29 is 32.0 Å². The van der Waals surface area contributed by atoms with Crippen LogP contribution in [0.1, 0.15) is 24.3 Å². The molecule has 0 unspecified atom stereocenters. The van der Waals surface area contributed by atoms with Gasteiger partial charge in [0, 0.05) is 22.7 Å². The Balaban J connectivity index is 1.68. The molecule has 43 heavy (non-hydrogen) atoms. The van der Waals surface area contributed by atoms with Gasteiger partial charge in [-0.15, -0.1) is 0 Å². The van der Waals surface area contributed by atoms with E-state index in [0.717, 1.165) is 10.6 Å². The summed E-state index contributed by atoms with van der Waals surface area (Å²) in [6.45, 7) is 1.23. The predicted octanol–water partition coefficient (Wildman–Crippen LogP) is 6.47. The molecule has 16 heteroatoms. The molecule has 0 spiro atoms. The van der Waals surface area contributed by atoms with Crippen molar-refractivity contribution in [2.75, 3.05) is 6.61 Å². The summed E-state index contributed by atoms with van der Waals surface area (Å²) >= 11 is 18.8. The fraction of sp³-hybridized carbons (Fsp3) is 0.148. The number of nitro groups is 1. The molecular formula is C27H15Cl3F3N3O6S. The Bertz CT molecular complexity index is 2000. The van der Waals surface area contributed by atoms with Crippen molar-refractivity contribution in [3.05, 3.63) is 116 Å². The maximum Gasteiger partial charge on any atom is 0.434 e. The van der Waals surface area contributed by atoms with Gasteiger partial charge >= 0.3 is 12.1 Å². The topological polar surface area (TPSA) is 117 Å². The van der Waals surface area contributed by atoms with E-state index < -0.39 is 45.6 Å². The molecule has 0 saturated heterocycles. The molecule has 0 bridgehead atoms. The summed E-state index contributed by atoms with van der Waals surface area (Å²) in [6.07, 6.45) is -3.77. The standard InChI is InChI=1S/C27H15Cl3F3N3O6S/c1-2-41-25(38)21-22(12-3-5-13(28)6-4-12)35-24(37)20(43-26(35)34-23(21)27(31,32)33)9-14-7-8-19(42-14)15-10-17(30)18(36(39)40)11-16(15)29/h3-11,22H,2H2,1H3/b20-9+/t22-/m1/s1. The Kier molecular flexibility index (Phi) is 8.27. The van der Waals surface area contributed by atoms with E-state index in [0.29, 0.717) is 11.3 Å². The number of carbonyl (C=O) groups is 1. The van der Waals surface area contributed by atoms with Gasteiger partial charge in [-0.3, -0.25) is 19.5 Å². The van der Waals surface area contributed by atoms with E-state index >= 15 is 0 Å². The van der Waals surface area contributed by atoms with Crippen LogP contribution in [0.25, 0.3) is 17.4 Å². The molecule has 4 aromatic rings. The average Bonchev–Trinajstić information content (AvgIpc) is 3.53. The zero-order valence-corrected chi connectivity index (χ0v) is 24.5. The van der Waals surface area contributed by atoms with Crippen molar-refractivity contribution in [1.29, 1.82) is 0 Å². The number of nitrogens with zero attached hydrogens (tertiary/aromatic N) is 3. The van der Waals surface area contributed by atoms with Crippen molar-refractivity contribution in [3.8, 4) is 11.3 Å². The Labute approximate surface area is 257 Å². The Morgan fingerprint density at radius 1 is 1.16 bits per heavy atom. The second-order valence-electron chi connectivity index (χ2n) is 8.86. The van der Waals surface area contributed by atoms with E-state index in [2.05, 4.69) is 4.99 Å². The first kappa shape index (κ1) is 30.5. The van der Waals surface area contributed by atoms with E-state index in [1.54, 1.807) is 0 Å². The summed E-state index contributed by atoms with van der Waals surface area (Å²) in [6, 6.07) is 9.37. The Morgan fingerprint density at radius 2 is 1.86 bits per heavy atom. The zero-order valence-electron chi connectivity index (χ0n) is 21.4. The Morgan fingerprint density at radius 3 is 2.49 bits per heavy atom. The van der Waals surface area contributed by atoms with Gasteiger partial charge in [-0.25, -0.2) is 9.79 Å².